The van der Waals surface area contributed by atoms with Crippen LogP contribution in [0.3, 0.4) is 0 Å². The number of nitrogens with one attached hydrogen (secondary N) is 1. The minimum absolute atomic E-state index is 0.0899. The lowest BCUT2D eigenvalue weighted by molar-refractivity contribution is 0.332. The van der Waals surface area contributed by atoms with Crippen LogP contribution in [0.25, 0.3) is 0 Å². The van der Waals surface area contributed by atoms with Gasteiger partial charge < -0.3 is 5.32 Å². The van der Waals surface area contributed by atoms with E-state index in [1.165, 1.54) is 6.42 Å². The molecule has 1 N–H and O–H groups in total. The van der Waals surface area contributed by atoms with Crippen LogP contribution in [-0.4, -0.2) is 6.54 Å². The van der Waals surface area contributed by atoms with E-state index in [-0.39, 0.29) is 5.82 Å². The fraction of sp³-hybridized carbons (Fsp3) is 0.538. The fourth-order valence-corrected chi connectivity index (χ4v) is 2.11. The number of aryl methyl sites for hydroxylation is 1. The molecule has 0 aromatic heterocycles. The molecule has 1 saturated heterocycles. The topological polar surface area (TPSA) is 12.0 Å². The smallest absolute Gasteiger partial charge is 0.126 e. The highest BCUT2D eigenvalue weighted by atomic mass is 19.1. The summed E-state index contributed by atoms with van der Waals surface area (Å²) in [7, 11) is 0. The molecule has 2 rings (SSSR count). The van der Waals surface area contributed by atoms with Gasteiger partial charge in [0.1, 0.15) is 5.82 Å². The van der Waals surface area contributed by atoms with Crippen molar-refractivity contribution in [1.82, 2.24) is 5.32 Å². The van der Waals surface area contributed by atoms with Gasteiger partial charge >= 0.3 is 0 Å². The van der Waals surface area contributed by atoms with Gasteiger partial charge in [-0.15, -0.1) is 0 Å². The van der Waals surface area contributed by atoms with Crippen molar-refractivity contribution in [2.75, 3.05) is 6.54 Å². The summed E-state index contributed by atoms with van der Waals surface area (Å²) < 4.78 is 13.4. The van der Waals surface area contributed by atoms with E-state index in [1.807, 2.05) is 12.1 Å². The van der Waals surface area contributed by atoms with Gasteiger partial charge in [0.25, 0.3) is 0 Å². The third-order valence-electron chi connectivity index (χ3n) is 3.26. The Bertz CT molecular complexity index is 340. The highest BCUT2D eigenvalue weighted by molar-refractivity contribution is 5.26. The Balaban J connectivity index is 2.12. The first-order valence-electron chi connectivity index (χ1n) is 5.66. The van der Waals surface area contributed by atoms with E-state index in [2.05, 4.69) is 12.2 Å². The lowest BCUT2D eigenvalue weighted by Gasteiger charge is -2.28. The number of rotatable bonds is 1. The molecule has 2 unspecified atom stereocenters. The lowest BCUT2D eigenvalue weighted by atomic mass is 9.92. The standard InChI is InChI=1S/C13H18FN/c1-9-3-6-13(15-8-9)11-5-4-10(2)12(14)7-11/h4-5,7,9,13,15H,3,6,8H2,1-2H3. The molecule has 82 valence electrons. The normalized spacial score (nSPS) is 26.6. The summed E-state index contributed by atoms with van der Waals surface area (Å²) >= 11 is 0. The minimum atomic E-state index is -0.0899. The maximum Gasteiger partial charge on any atom is 0.126 e. The van der Waals surface area contributed by atoms with Crippen molar-refractivity contribution in [2.24, 2.45) is 5.92 Å². The van der Waals surface area contributed by atoms with E-state index in [0.29, 0.717) is 6.04 Å². The average molecular weight is 207 g/mol. The molecule has 15 heavy (non-hydrogen) atoms. The monoisotopic (exact) mass is 207 g/mol. The summed E-state index contributed by atoms with van der Waals surface area (Å²) in [4.78, 5) is 0. The Morgan fingerprint density at radius 2 is 2.13 bits per heavy atom. The zero-order chi connectivity index (χ0) is 10.8. The average Bonchev–Trinajstić information content (AvgIpc) is 2.23. The maximum atomic E-state index is 13.4. The summed E-state index contributed by atoms with van der Waals surface area (Å²) in [6.45, 7) is 5.09. The van der Waals surface area contributed by atoms with Crippen molar-refractivity contribution >= 4 is 0 Å². The number of hydrogen-bond donors (Lipinski definition) is 1. The van der Waals surface area contributed by atoms with Gasteiger partial charge in [0.15, 0.2) is 0 Å². The van der Waals surface area contributed by atoms with Crippen molar-refractivity contribution in [1.29, 1.82) is 0 Å². The summed E-state index contributed by atoms with van der Waals surface area (Å²) in [6.07, 6.45) is 2.34. The number of hydrogen-bond acceptors (Lipinski definition) is 1. The van der Waals surface area contributed by atoms with Crippen LogP contribution in [0.1, 0.15) is 36.9 Å². The highest BCUT2D eigenvalue weighted by Crippen LogP contribution is 2.26. The number of benzene rings is 1. The second kappa shape index (κ2) is 4.31. The third kappa shape index (κ3) is 2.37. The molecule has 1 nitrogen and oxygen atoms in total. The Labute approximate surface area is 90.7 Å². The van der Waals surface area contributed by atoms with Gasteiger partial charge in [0, 0.05) is 6.04 Å². The quantitative estimate of drug-likeness (QED) is 0.745. The molecule has 1 aliphatic heterocycles. The van der Waals surface area contributed by atoms with Crippen LogP contribution in [0.5, 0.6) is 0 Å². The predicted molar refractivity (Wildman–Crippen MR) is 60.3 cm³/mol. The van der Waals surface area contributed by atoms with E-state index < -0.39 is 0 Å². The van der Waals surface area contributed by atoms with Gasteiger partial charge in [-0.2, -0.15) is 0 Å². The molecular weight excluding hydrogens is 189 g/mol. The second-order valence-electron chi connectivity index (χ2n) is 4.65. The van der Waals surface area contributed by atoms with E-state index >= 15 is 0 Å². The molecule has 1 aromatic rings. The molecule has 2 heteroatoms. The van der Waals surface area contributed by atoms with Crippen LogP contribution >= 0.6 is 0 Å². The molecule has 1 heterocycles. The molecule has 0 amide bonds. The van der Waals surface area contributed by atoms with Crippen molar-refractivity contribution < 1.29 is 4.39 Å². The summed E-state index contributed by atoms with van der Waals surface area (Å²) in [5.74, 6) is 0.657. The number of piperidine rings is 1. The Kier molecular flexibility index (Phi) is 3.06. The van der Waals surface area contributed by atoms with Gasteiger partial charge in [-0.3, -0.25) is 0 Å². The Morgan fingerprint density at radius 1 is 1.33 bits per heavy atom. The zero-order valence-corrected chi connectivity index (χ0v) is 9.39. The highest BCUT2D eigenvalue weighted by Gasteiger charge is 2.19. The molecular formula is C13H18FN. The maximum absolute atomic E-state index is 13.4. The second-order valence-corrected chi connectivity index (χ2v) is 4.65. The lowest BCUT2D eigenvalue weighted by Crippen LogP contribution is -2.31. The molecule has 0 aliphatic carbocycles. The van der Waals surface area contributed by atoms with Crippen molar-refractivity contribution in [3.8, 4) is 0 Å². The van der Waals surface area contributed by atoms with E-state index in [9.17, 15) is 4.39 Å². The largest absolute Gasteiger partial charge is 0.310 e. The molecule has 2 atom stereocenters. The van der Waals surface area contributed by atoms with Crippen molar-refractivity contribution in [3.63, 3.8) is 0 Å². The molecule has 1 aliphatic rings. The SMILES string of the molecule is Cc1ccc(C2CCC(C)CN2)cc1F. The first-order chi connectivity index (χ1) is 7.16. The Morgan fingerprint density at radius 3 is 2.73 bits per heavy atom. The van der Waals surface area contributed by atoms with Crippen LogP contribution in [0, 0.1) is 18.7 Å². The predicted octanol–water partition coefficient (Wildman–Crippen LogP) is 3.19. The van der Waals surface area contributed by atoms with Gasteiger partial charge in [-0.05, 0) is 49.4 Å². The van der Waals surface area contributed by atoms with Gasteiger partial charge in [0.05, 0.1) is 0 Å². The summed E-state index contributed by atoms with van der Waals surface area (Å²) in [5, 5.41) is 3.47. The van der Waals surface area contributed by atoms with Crippen molar-refractivity contribution in [3.05, 3.63) is 35.1 Å². The zero-order valence-electron chi connectivity index (χ0n) is 9.39. The van der Waals surface area contributed by atoms with Crippen LogP contribution in [0.4, 0.5) is 4.39 Å². The molecule has 0 saturated carbocycles. The van der Waals surface area contributed by atoms with E-state index in [1.54, 1.807) is 13.0 Å². The van der Waals surface area contributed by atoms with Crippen LogP contribution in [0.2, 0.25) is 0 Å². The Hall–Kier alpha value is -0.890. The molecule has 0 spiro atoms. The van der Waals surface area contributed by atoms with E-state index in [4.69, 9.17) is 0 Å². The molecule has 0 bridgehead atoms. The first-order valence-corrected chi connectivity index (χ1v) is 5.66. The van der Waals surface area contributed by atoms with Crippen LogP contribution in [0.15, 0.2) is 18.2 Å². The summed E-state index contributed by atoms with van der Waals surface area (Å²) in [5.41, 5.74) is 1.81. The van der Waals surface area contributed by atoms with Crippen molar-refractivity contribution in [2.45, 2.75) is 32.7 Å². The first kappa shape index (κ1) is 10.6. The van der Waals surface area contributed by atoms with Crippen LogP contribution in [-0.2, 0) is 0 Å². The van der Waals surface area contributed by atoms with Gasteiger partial charge in [-0.25, -0.2) is 4.39 Å². The molecule has 0 radical (unpaired) electrons. The molecule has 1 fully saturated rings. The summed E-state index contributed by atoms with van der Waals surface area (Å²) in [6, 6.07) is 5.91. The van der Waals surface area contributed by atoms with Gasteiger partial charge in [0.2, 0.25) is 0 Å². The minimum Gasteiger partial charge on any atom is -0.310 e. The molecule has 1 aromatic carbocycles. The van der Waals surface area contributed by atoms with E-state index in [0.717, 1.165) is 30.0 Å². The third-order valence-corrected chi connectivity index (χ3v) is 3.26. The fourth-order valence-electron chi connectivity index (χ4n) is 2.11. The number of halogens is 1. The van der Waals surface area contributed by atoms with Crippen LogP contribution < -0.4 is 5.32 Å². The van der Waals surface area contributed by atoms with Gasteiger partial charge in [-0.1, -0.05) is 19.1 Å².